The Morgan fingerprint density at radius 2 is 1.96 bits per heavy atom. The predicted octanol–water partition coefficient (Wildman–Crippen LogP) is 1.02. The zero-order valence-electron chi connectivity index (χ0n) is 15.8. The SMILES string of the molecule is COCCN1CCN(C(=O)NC2CCN(Cc3cccnc3)CC2)CC1. The number of nitrogens with zero attached hydrogens (tertiary/aromatic N) is 4. The maximum Gasteiger partial charge on any atom is 0.317 e. The molecule has 2 amide bonds. The Bertz CT molecular complexity index is 540. The van der Waals surface area contributed by atoms with Crippen molar-refractivity contribution in [3.05, 3.63) is 30.1 Å². The monoisotopic (exact) mass is 361 g/mol. The van der Waals surface area contributed by atoms with Gasteiger partial charge in [0.2, 0.25) is 0 Å². The number of rotatable bonds is 6. The number of methoxy groups -OCH3 is 1. The van der Waals surface area contributed by atoms with Gasteiger partial charge >= 0.3 is 6.03 Å². The summed E-state index contributed by atoms with van der Waals surface area (Å²) in [6.07, 6.45) is 5.77. The lowest BCUT2D eigenvalue weighted by atomic mass is 10.0. The fourth-order valence-electron chi connectivity index (χ4n) is 3.65. The summed E-state index contributed by atoms with van der Waals surface area (Å²) in [5.74, 6) is 0. The Kier molecular flexibility index (Phi) is 7.22. The van der Waals surface area contributed by atoms with Gasteiger partial charge in [-0.3, -0.25) is 14.8 Å². The number of hydrogen-bond donors (Lipinski definition) is 1. The number of ether oxygens (including phenoxy) is 1. The van der Waals surface area contributed by atoms with Gasteiger partial charge in [0.1, 0.15) is 0 Å². The molecule has 2 saturated heterocycles. The molecule has 3 heterocycles. The third kappa shape index (κ3) is 5.65. The number of aromatic nitrogens is 1. The molecule has 144 valence electrons. The molecule has 2 aliphatic rings. The van der Waals surface area contributed by atoms with E-state index in [0.717, 1.165) is 71.8 Å². The molecule has 26 heavy (non-hydrogen) atoms. The van der Waals surface area contributed by atoms with E-state index in [9.17, 15) is 4.79 Å². The van der Waals surface area contributed by atoms with Gasteiger partial charge in [-0.2, -0.15) is 0 Å². The van der Waals surface area contributed by atoms with Crippen LogP contribution in [0.25, 0.3) is 0 Å². The maximum absolute atomic E-state index is 12.5. The second-order valence-electron chi connectivity index (χ2n) is 7.18. The Balaban J connectivity index is 1.35. The third-order valence-electron chi connectivity index (χ3n) is 5.32. The first-order chi connectivity index (χ1) is 12.7. The standard InChI is InChI=1S/C19H31N5O2/c1-26-14-13-22-9-11-24(12-10-22)19(25)21-18-4-7-23(8-5-18)16-17-3-2-6-20-15-17/h2-3,6,15,18H,4-5,7-14,16H2,1H3,(H,21,25). The van der Waals surface area contributed by atoms with Crippen molar-refractivity contribution >= 4 is 6.03 Å². The first-order valence-electron chi connectivity index (χ1n) is 9.62. The van der Waals surface area contributed by atoms with Crippen molar-refractivity contribution in [2.24, 2.45) is 0 Å². The van der Waals surface area contributed by atoms with E-state index in [4.69, 9.17) is 4.74 Å². The number of piperazine rings is 1. The van der Waals surface area contributed by atoms with Gasteiger partial charge in [0, 0.05) is 77.9 Å². The van der Waals surface area contributed by atoms with Crippen LogP contribution in [-0.2, 0) is 11.3 Å². The molecule has 3 rings (SSSR count). The Morgan fingerprint density at radius 3 is 2.62 bits per heavy atom. The van der Waals surface area contributed by atoms with E-state index < -0.39 is 0 Å². The number of carbonyl (C=O) groups excluding carboxylic acids is 1. The average Bonchev–Trinajstić information content (AvgIpc) is 2.69. The number of amides is 2. The zero-order valence-corrected chi connectivity index (χ0v) is 15.8. The van der Waals surface area contributed by atoms with E-state index in [-0.39, 0.29) is 6.03 Å². The molecule has 7 nitrogen and oxygen atoms in total. The molecule has 1 aromatic heterocycles. The molecule has 7 heteroatoms. The minimum Gasteiger partial charge on any atom is -0.383 e. The Hall–Kier alpha value is -1.70. The molecular weight excluding hydrogens is 330 g/mol. The molecule has 0 atom stereocenters. The fraction of sp³-hybridized carbons (Fsp3) is 0.684. The van der Waals surface area contributed by atoms with Gasteiger partial charge in [-0.15, -0.1) is 0 Å². The van der Waals surface area contributed by atoms with Crippen LogP contribution in [0, 0.1) is 0 Å². The molecule has 2 aliphatic heterocycles. The summed E-state index contributed by atoms with van der Waals surface area (Å²) in [5.41, 5.74) is 1.25. The lowest BCUT2D eigenvalue weighted by Gasteiger charge is -2.37. The van der Waals surface area contributed by atoms with E-state index >= 15 is 0 Å². The molecule has 0 unspecified atom stereocenters. The molecule has 2 fully saturated rings. The number of piperidine rings is 1. The van der Waals surface area contributed by atoms with Crippen LogP contribution < -0.4 is 5.32 Å². The summed E-state index contributed by atoms with van der Waals surface area (Å²) >= 11 is 0. The van der Waals surface area contributed by atoms with Crippen LogP contribution in [0.5, 0.6) is 0 Å². The normalized spacial score (nSPS) is 20.3. The van der Waals surface area contributed by atoms with E-state index in [1.165, 1.54) is 5.56 Å². The molecule has 1 aromatic rings. The van der Waals surface area contributed by atoms with Gasteiger partial charge in [0.15, 0.2) is 0 Å². The predicted molar refractivity (Wildman–Crippen MR) is 101 cm³/mol. The number of pyridine rings is 1. The summed E-state index contributed by atoms with van der Waals surface area (Å²) in [6.45, 7) is 8.14. The molecule has 0 aliphatic carbocycles. The zero-order chi connectivity index (χ0) is 18.2. The lowest BCUT2D eigenvalue weighted by Crippen LogP contribution is -2.55. The van der Waals surface area contributed by atoms with Gasteiger partial charge in [-0.05, 0) is 24.5 Å². The van der Waals surface area contributed by atoms with Gasteiger partial charge in [0.05, 0.1) is 6.61 Å². The molecule has 0 saturated carbocycles. The van der Waals surface area contributed by atoms with Crippen molar-refractivity contribution in [3.63, 3.8) is 0 Å². The molecule has 0 aromatic carbocycles. The highest BCUT2D eigenvalue weighted by Crippen LogP contribution is 2.14. The highest BCUT2D eigenvalue weighted by molar-refractivity contribution is 5.74. The van der Waals surface area contributed by atoms with Crippen molar-refractivity contribution in [1.29, 1.82) is 0 Å². The minimum absolute atomic E-state index is 0.0992. The van der Waals surface area contributed by atoms with Crippen LogP contribution in [-0.4, -0.2) is 91.3 Å². The molecule has 1 N–H and O–H groups in total. The lowest BCUT2D eigenvalue weighted by molar-refractivity contribution is 0.103. The molecule has 0 bridgehead atoms. The topological polar surface area (TPSA) is 60.9 Å². The highest BCUT2D eigenvalue weighted by Gasteiger charge is 2.25. The van der Waals surface area contributed by atoms with Gasteiger partial charge in [-0.1, -0.05) is 6.07 Å². The summed E-state index contributed by atoms with van der Waals surface area (Å²) in [6, 6.07) is 4.49. The van der Waals surface area contributed by atoms with Crippen LogP contribution in [0.4, 0.5) is 4.79 Å². The molecular formula is C19H31N5O2. The first-order valence-corrected chi connectivity index (χ1v) is 9.62. The summed E-state index contributed by atoms with van der Waals surface area (Å²) in [7, 11) is 1.73. The smallest absolute Gasteiger partial charge is 0.317 e. The number of hydrogen-bond acceptors (Lipinski definition) is 5. The summed E-state index contributed by atoms with van der Waals surface area (Å²) in [4.78, 5) is 23.4. The summed E-state index contributed by atoms with van der Waals surface area (Å²) in [5, 5.41) is 3.24. The van der Waals surface area contributed by atoms with Crippen molar-refractivity contribution in [2.75, 3.05) is 59.5 Å². The molecule has 0 radical (unpaired) electrons. The highest BCUT2D eigenvalue weighted by atomic mass is 16.5. The van der Waals surface area contributed by atoms with E-state index in [1.807, 2.05) is 23.4 Å². The van der Waals surface area contributed by atoms with Crippen molar-refractivity contribution in [1.82, 2.24) is 25.0 Å². The first kappa shape index (κ1) is 19.1. The second kappa shape index (κ2) is 9.85. The van der Waals surface area contributed by atoms with Crippen molar-refractivity contribution in [3.8, 4) is 0 Å². The number of carbonyl (C=O) groups is 1. The molecule has 0 spiro atoms. The van der Waals surface area contributed by atoms with E-state index in [0.29, 0.717) is 6.04 Å². The number of likely N-dealkylation sites (tertiary alicyclic amines) is 1. The van der Waals surface area contributed by atoms with Gasteiger partial charge in [0.25, 0.3) is 0 Å². The number of nitrogens with one attached hydrogen (secondary N) is 1. The van der Waals surface area contributed by atoms with Crippen molar-refractivity contribution in [2.45, 2.75) is 25.4 Å². The largest absolute Gasteiger partial charge is 0.383 e. The van der Waals surface area contributed by atoms with Crippen LogP contribution in [0.3, 0.4) is 0 Å². The third-order valence-corrected chi connectivity index (χ3v) is 5.32. The van der Waals surface area contributed by atoms with E-state index in [1.54, 1.807) is 7.11 Å². The maximum atomic E-state index is 12.5. The average molecular weight is 361 g/mol. The van der Waals surface area contributed by atoms with Crippen LogP contribution >= 0.6 is 0 Å². The van der Waals surface area contributed by atoms with E-state index in [2.05, 4.69) is 26.2 Å². The minimum atomic E-state index is 0.0992. The van der Waals surface area contributed by atoms with Gasteiger partial charge in [-0.25, -0.2) is 4.79 Å². The van der Waals surface area contributed by atoms with Gasteiger partial charge < -0.3 is 15.0 Å². The van der Waals surface area contributed by atoms with Crippen LogP contribution in [0.1, 0.15) is 18.4 Å². The van der Waals surface area contributed by atoms with Crippen LogP contribution in [0.15, 0.2) is 24.5 Å². The summed E-state index contributed by atoms with van der Waals surface area (Å²) < 4.78 is 5.12. The van der Waals surface area contributed by atoms with Crippen molar-refractivity contribution < 1.29 is 9.53 Å². The Labute approximate surface area is 156 Å². The quantitative estimate of drug-likeness (QED) is 0.820. The van der Waals surface area contributed by atoms with Crippen LogP contribution in [0.2, 0.25) is 0 Å². The number of urea groups is 1. The second-order valence-corrected chi connectivity index (χ2v) is 7.18. The Morgan fingerprint density at radius 1 is 1.19 bits per heavy atom. The fourth-order valence-corrected chi connectivity index (χ4v) is 3.65.